The van der Waals surface area contributed by atoms with Crippen LogP contribution in [0.2, 0.25) is 0 Å². The highest BCUT2D eigenvalue weighted by atomic mass is 16.6. The molecule has 0 radical (unpaired) electrons. The number of hydrogen-bond acceptors (Lipinski definition) is 3. The second kappa shape index (κ2) is 4.57. The van der Waals surface area contributed by atoms with Crippen molar-refractivity contribution in [2.75, 3.05) is 0 Å². The first kappa shape index (κ1) is 11.0. The standard InChI is InChI=1S/C13H9NO3/c15-9-11-7-4-8-12(14(16)17)13(11)10-5-2-1-3-6-10/h1-9H. The highest BCUT2D eigenvalue weighted by molar-refractivity contribution is 5.91. The van der Waals surface area contributed by atoms with E-state index in [-0.39, 0.29) is 5.69 Å². The van der Waals surface area contributed by atoms with Gasteiger partial charge in [-0.05, 0) is 5.56 Å². The molecule has 0 fully saturated rings. The Kier molecular flexibility index (Phi) is 2.96. The third-order valence-corrected chi connectivity index (χ3v) is 2.46. The van der Waals surface area contributed by atoms with E-state index in [1.807, 2.05) is 6.07 Å². The Hall–Kier alpha value is -2.49. The Labute approximate surface area is 97.7 Å². The lowest BCUT2D eigenvalue weighted by atomic mass is 9.98. The summed E-state index contributed by atoms with van der Waals surface area (Å²) >= 11 is 0. The average molecular weight is 227 g/mol. The van der Waals surface area contributed by atoms with E-state index in [2.05, 4.69) is 0 Å². The summed E-state index contributed by atoms with van der Waals surface area (Å²) < 4.78 is 0. The molecule has 0 saturated carbocycles. The molecule has 0 unspecified atom stereocenters. The number of benzene rings is 2. The molecule has 2 aromatic rings. The fourth-order valence-electron chi connectivity index (χ4n) is 1.73. The third-order valence-electron chi connectivity index (χ3n) is 2.46. The van der Waals surface area contributed by atoms with Crippen molar-refractivity contribution in [3.05, 3.63) is 64.2 Å². The zero-order valence-corrected chi connectivity index (χ0v) is 8.87. The van der Waals surface area contributed by atoms with E-state index in [9.17, 15) is 14.9 Å². The molecule has 2 aromatic carbocycles. The largest absolute Gasteiger partial charge is 0.298 e. The van der Waals surface area contributed by atoms with Crippen LogP contribution in [0.15, 0.2) is 48.5 Å². The molecule has 2 rings (SSSR count). The van der Waals surface area contributed by atoms with Crippen molar-refractivity contribution >= 4 is 12.0 Å². The quantitative estimate of drug-likeness (QED) is 0.460. The van der Waals surface area contributed by atoms with Gasteiger partial charge in [0.2, 0.25) is 0 Å². The molecule has 0 saturated heterocycles. The Morgan fingerprint density at radius 2 is 1.71 bits per heavy atom. The summed E-state index contributed by atoms with van der Waals surface area (Å²) in [6.45, 7) is 0. The molecule has 0 N–H and O–H groups in total. The highest BCUT2D eigenvalue weighted by Gasteiger charge is 2.18. The van der Waals surface area contributed by atoms with Gasteiger partial charge in [0.25, 0.3) is 5.69 Å². The number of carbonyl (C=O) groups is 1. The van der Waals surface area contributed by atoms with E-state index in [4.69, 9.17) is 0 Å². The van der Waals surface area contributed by atoms with Crippen molar-refractivity contribution in [2.45, 2.75) is 0 Å². The van der Waals surface area contributed by atoms with Gasteiger partial charge in [-0.1, -0.05) is 42.5 Å². The molecule has 0 aliphatic rings. The topological polar surface area (TPSA) is 60.2 Å². The van der Waals surface area contributed by atoms with Gasteiger partial charge in [-0.2, -0.15) is 0 Å². The molecule has 0 heterocycles. The minimum Gasteiger partial charge on any atom is -0.298 e. The summed E-state index contributed by atoms with van der Waals surface area (Å²) in [5.74, 6) is 0. The number of carbonyl (C=O) groups excluding carboxylic acids is 1. The first-order valence-corrected chi connectivity index (χ1v) is 5.02. The molecular weight excluding hydrogens is 218 g/mol. The average Bonchev–Trinajstić information content (AvgIpc) is 2.38. The molecule has 0 aliphatic carbocycles. The van der Waals surface area contributed by atoms with Gasteiger partial charge in [-0.15, -0.1) is 0 Å². The zero-order chi connectivity index (χ0) is 12.3. The van der Waals surface area contributed by atoms with Gasteiger partial charge in [0, 0.05) is 11.6 Å². The summed E-state index contributed by atoms with van der Waals surface area (Å²) in [5.41, 5.74) is 1.31. The molecule has 4 nitrogen and oxygen atoms in total. The Morgan fingerprint density at radius 1 is 1.00 bits per heavy atom. The van der Waals surface area contributed by atoms with Crippen molar-refractivity contribution < 1.29 is 9.72 Å². The van der Waals surface area contributed by atoms with E-state index >= 15 is 0 Å². The number of hydrogen-bond donors (Lipinski definition) is 0. The Bertz CT molecular complexity index is 564. The van der Waals surface area contributed by atoms with Gasteiger partial charge < -0.3 is 0 Å². The van der Waals surface area contributed by atoms with Crippen LogP contribution in [-0.4, -0.2) is 11.2 Å². The zero-order valence-electron chi connectivity index (χ0n) is 8.87. The van der Waals surface area contributed by atoms with Crippen molar-refractivity contribution in [3.63, 3.8) is 0 Å². The number of rotatable bonds is 3. The van der Waals surface area contributed by atoms with Gasteiger partial charge >= 0.3 is 0 Å². The van der Waals surface area contributed by atoms with Crippen molar-refractivity contribution in [1.82, 2.24) is 0 Å². The van der Waals surface area contributed by atoms with E-state index in [1.165, 1.54) is 12.1 Å². The first-order chi connectivity index (χ1) is 8.24. The number of aldehydes is 1. The first-order valence-electron chi connectivity index (χ1n) is 5.02. The normalized spacial score (nSPS) is 9.88. The Balaban J connectivity index is 2.73. The SMILES string of the molecule is O=Cc1cccc([N+](=O)[O-])c1-c1ccccc1. The van der Waals surface area contributed by atoms with Crippen molar-refractivity contribution in [2.24, 2.45) is 0 Å². The van der Waals surface area contributed by atoms with Crippen molar-refractivity contribution in [3.8, 4) is 11.1 Å². The maximum absolute atomic E-state index is 11.0. The van der Waals surface area contributed by atoms with Crippen LogP contribution in [0.4, 0.5) is 5.69 Å². The van der Waals surface area contributed by atoms with Crippen LogP contribution in [0, 0.1) is 10.1 Å². The lowest BCUT2D eigenvalue weighted by molar-refractivity contribution is -0.384. The van der Waals surface area contributed by atoms with Gasteiger partial charge in [0.1, 0.15) is 0 Å². The molecule has 0 aromatic heterocycles. The summed E-state index contributed by atoms with van der Waals surface area (Å²) in [6.07, 6.45) is 0.634. The molecule has 0 aliphatic heterocycles. The molecular formula is C13H9NO3. The van der Waals surface area contributed by atoms with E-state index in [1.54, 1.807) is 30.3 Å². The van der Waals surface area contributed by atoms with Crippen LogP contribution in [0.25, 0.3) is 11.1 Å². The maximum atomic E-state index is 11.0. The van der Waals surface area contributed by atoms with Crippen LogP contribution >= 0.6 is 0 Å². The molecule has 0 atom stereocenters. The lowest BCUT2D eigenvalue weighted by Gasteiger charge is -2.05. The predicted octanol–water partition coefficient (Wildman–Crippen LogP) is 3.07. The second-order valence-electron chi connectivity index (χ2n) is 3.48. The van der Waals surface area contributed by atoms with Crippen molar-refractivity contribution in [1.29, 1.82) is 0 Å². The lowest BCUT2D eigenvalue weighted by Crippen LogP contribution is -1.95. The van der Waals surface area contributed by atoms with Crippen LogP contribution in [0.5, 0.6) is 0 Å². The summed E-state index contributed by atoms with van der Waals surface area (Å²) in [7, 11) is 0. The van der Waals surface area contributed by atoms with E-state index < -0.39 is 4.92 Å². The highest BCUT2D eigenvalue weighted by Crippen LogP contribution is 2.32. The van der Waals surface area contributed by atoms with Crippen LogP contribution in [-0.2, 0) is 0 Å². The van der Waals surface area contributed by atoms with Gasteiger partial charge in [-0.25, -0.2) is 0 Å². The number of nitro groups is 1. The molecule has 0 bridgehead atoms. The predicted molar refractivity (Wildman–Crippen MR) is 63.9 cm³/mol. The minimum atomic E-state index is -0.477. The molecule has 4 heteroatoms. The number of nitrogens with zero attached hydrogens (tertiary/aromatic N) is 1. The molecule has 84 valence electrons. The van der Waals surface area contributed by atoms with Gasteiger partial charge in [-0.3, -0.25) is 14.9 Å². The molecule has 0 amide bonds. The van der Waals surface area contributed by atoms with Crippen LogP contribution < -0.4 is 0 Å². The minimum absolute atomic E-state index is 0.0548. The van der Waals surface area contributed by atoms with Crippen LogP contribution in [0.3, 0.4) is 0 Å². The van der Waals surface area contributed by atoms with E-state index in [0.717, 1.165) is 0 Å². The number of nitro benzene ring substituents is 1. The Morgan fingerprint density at radius 3 is 2.29 bits per heavy atom. The molecule has 17 heavy (non-hydrogen) atoms. The monoisotopic (exact) mass is 227 g/mol. The summed E-state index contributed by atoms with van der Waals surface area (Å²) in [6, 6.07) is 13.3. The summed E-state index contributed by atoms with van der Waals surface area (Å²) in [5, 5.41) is 11.0. The maximum Gasteiger partial charge on any atom is 0.277 e. The third kappa shape index (κ3) is 2.06. The molecule has 0 spiro atoms. The van der Waals surface area contributed by atoms with E-state index in [0.29, 0.717) is 23.0 Å². The van der Waals surface area contributed by atoms with Crippen LogP contribution in [0.1, 0.15) is 10.4 Å². The summed E-state index contributed by atoms with van der Waals surface area (Å²) in [4.78, 5) is 21.4. The smallest absolute Gasteiger partial charge is 0.277 e. The van der Waals surface area contributed by atoms with Gasteiger partial charge in [0.05, 0.1) is 10.5 Å². The fourth-order valence-corrected chi connectivity index (χ4v) is 1.73. The second-order valence-corrected chi connectivity index (χ2v) is 3.48. The van der Waals surface area contributed by atoms with Gasteiger partial charge in [0.15, 0.2) is 6.29 Å². The fraction of sp³-hybridized carbons (Fsp3) is 0.